The lowest BCUT2D eigenvalue weighted by Crippen LogP contribution is -2.24. The summed E-state index contributed by atoms with van der Waals surface area (Å²) in [6.45, 7) is 0.391. The Labute approximate surface area is 145 Å². The van der Waals surface area contributed by atoms with Gasteiger partial charge in [0.1, 0.15) is 0 Å². The average molecular weight is 366 g/mol. The molecule has 0 unspecified atom stereocenters. The van der Waals surface area contributed by atoms with Crippen molar-refractivity contribution in [1.29, 1.82) is 0 Å². The summed E-state index contributed by atoms with van der Waals surface area (Å²) < 4.78 is 28.6. The van der Waals surface area contributed by atoms with Crippen molar-refractivity contribution in [3.05, 3.63) is 65.2 Å². The van der Waals surface area contributed by atoms with Gasteiger partial charge in [0, 0.05) is 16.6 Å². The first-order valence-electron chi connectivity index (χ1n) is 7.28. The van der Waals surface area contributed by atoms with Crippen molar-refractivity contribution in [1.82, 2.24) is 4.72 Å². The standard InChI is InChI=1S/C17H16ClNO2S2/c18-16-14-10-4-5-11-15(14)22-17(16)23(20,21)19-12-6-9-13-7-2-1-3-8-13/h1-5,7-8,10-11,19H,6,9,12H2. The van der Waals surface area contributed by atoms with Crippen LogP contribution in [0.1, 0.15) is 12.0 Å². The summed E-state index contributed by atoms with van der Waals surface area (Å²) in [5, 5.41) is 1.09. The number of aryl methyl sites for hydroxylation is 1. The van der Waals surface area contributed by atoms with Gasteiger partial charge in [-0.05, 0) is 24.5 Å². The van der Waals surface area contributed by atoms with Gasteiger partial charge in [0.05, 0.1) is 5.02 Å². The number of sulfonamides is 1. The second-order valence-corrected chi connectivity index (χ2v) is 8.58. The van der Waals surface area contributed by atoms with E-state index in [-0.39, 0.29) is 4.21 Å². The Bertz CT molecular complexity index is 905. The molecule has 3 nitrogen and oxygen atoms in total. The molecule has 0 aliphatic rings. The van der Waals surface area contributed by atoms with E-state index in [4.69, 9.17) is 11.6 Å². The predicted molar refractivity (Wildman–Crippen MR) is 96.8 cm³/mol. The Morgan fingerprint density at radius 1 is 1.00 bits per heavy atom. The molecule has 1 heterocycles. The van der Waals surface area contributed by atoms with Crippen molar-refractivity contribution in [2.24, 2.45) is 0 Å². The fourth-order valence-corrected chi connectivity index (χ4v) is 5.62. The smallest absolute Gasteiger partial charge is 0.210 e. The van der Waals surface area contributed by atoms with Crippen molar-refractivity contribution >= 4 is 43.0 Å². The van der Waals surface area contributed by atoms with Gasteiger partial charge in [-0.25, -0.2) is 13.1 Å². The van der Waals surface area contributed by atoms with E-state index in [1.165, 1.54) is 16.9 Å². The zero-order chi connectivity index (χ0) is 16.3. The van der Waals surface area contributed by atoms with Crippen LogP contribution in [0.5, 0.6) is 0 Å². The van der Waals surface area contributed by atoms with Gasteiger partial charge in [-0.3, -0.25) is 0 Å². The molecule has 3 rings (SSSR count). The van der Waals surface area contributed by atoms with Crippen LogP contribution in [0.15, 0.2) is 58.8 Å². The maximum absolute atomic E-state index is 12.4. The number of benzene rings is 2. The van der Waals surface area contributed by atoms with Crippen LogP contribution in [-0.4, -0.2) is 15.0 Å². The SMILES string of the molecule is O=S(=O)(NCCCc1ccccc1)c1sc2ccccc2c1Cl. The second kappa shape index (κ2) is 7.01. The maximum Gasteiger partial charge on any atom is 0.251 e. The number of thiophene rings is 1. The zero-order valence-corrected chi connectivity index (χ0v) is 14.7. The molecule has 1 aromatic heterocycles. The largest absolute Gasteiger partial charge is 0.251 e. The van der Waals surface area contributed by atoms with Gasteiger partial charge in [-0.15, -0.1) is 11.3 Å². The number of rotatable bonds is 6. The van der Waals surface area contributed by atoms with E-state index >= 15 is 0 Å². The van der Waals surface area contributed by atoms with E-state index in [0.717, 1.165) is 22.9 Å². The molecule has 3 aromatic rings. The topological polar surface area (TPSA) is 46.2 Å². The molecule has 0 saturated heterocycles. The van der Waals surface area contributed by atoms with E-state index in [2.05, 4.69) is 4.72 Å². The highest BCUT2D eigenvalue weighted by Gasteiger charge is 2.22. The first-order valence-corrected chi connectivity index (χ1v) is 9.96. The third kappa shape index (κ3) is 3.75. The van der Waals surface area contributed by atoms with E-state index in [1.807, 2.05) is 54.6 Å². The summed E-state index contributed by atoms with van der Waals surface area (Å²) in [6.07, 6.45) is 1.58. The van der Waals surface area contributed by atoms with E-state index < -0.39 is 10.0 Å². The quantitative estimate of drug-likeness (QED) is 0.655. The molecule has 0 bridgehead atoms. The minimum absolute atomic E-state index is 0.195. The molecular formula is C17H16ClNO2S2. The molecular weight excluding hydrogens is 350 g/mol. The number of hydrogen-bond acceptors (Lipinski definition) is 3. The Morgan fingerprint density at radius 3 is 2.43 bits per heavy atom. The average Bonchev–Trinajstić information content (AvgIpc) is 2.91. The van der Waals surface area contributed by atoms with Crippen LogP contribution in [0.3, 0.4) is 0 Å². The number of nitrogens with one attached hydrogen (secondary N) is 1. The van der Waals surface area contributed by atoms with Gasteiger partial charge in [0.2, 0.25) is 0 Å². The zero-order valence-electron chi connectivity index (χ0n) is 12.3. The molecule has 0 saturated carbocycles. The molecule has 6 heteroatoms. The summed E-state index contributed by atoms with van der Waals surface area (Å²) in [7, 11) is -3.57. The first kappa shape index (κ1) is 16.5. The first-order chi connectivity index (χ1) is 11.1. The number of hydrogen-bond donors (Lipinski definition) is 1. The number of fused-ring (bicyclic) bond motifs is 1. The molecule has 0 fully saturated rings. The van der Waals surface area contributed by atoms with Crippen molar-refractivity contribution < 1.29 is 8.42 Å². The van der Waals surface area contributed by atoms with Crippen LogP contribution in [0.2, 0.25) is 5.02 Å². The molecule has 1 N–H and O–H groups in total. The van der Waals surface area contributed by atoms with Crippen molar-refractivity contribution in [2.45, 2.75) is 17.1 Å². The Kier molecular flexibility index (Phi) is 5.02. The summed E-state index contributed by atoms with van der Waals surface area (Å²) in [4.78, 5) is 0. The molecule has 2 aromatic carbocycles. The van der Waals surface area contributed by atoms with Crippen LogP contribution in [0.25, 0.3) is 10.1 Å². The summed E-state index contributed by atoms with van der Waals surface area (Å²) in [6, 6.07) is 17.4. The van der Waals surface area contributed by atoms with Crippen molar-refractivity contribution in [3.63, 3.8) is 0 Å². The van der Waals surface area contributed by atoms with Gasteiger partial charge < -0.3 is 0 Å². The summed E-state index contributed by atoms with van der Waals surface area (Å²) in [5.74, 6) is 0. The molecule has 0 aliphatic carbocycles. The van der Waals surface area contributed by atoms with Crippen LogP contribution in [0.4, 0.5) is 0 Å². The molecule has 0 aliphatic heterocycles. The minimum atomic E-state index is -3.57. The third-order valence-corrected chi connectivity index (χ3v) is 7.29. The lowest BCUT2D eigenvalue weighted by molar-refractivity contribution is 0.581. The minimum Gasteiger partial charge on any atom is -0.210 e. The highest BCUT2D eigenvalue weighted by molar-refractivity contribution is 7.92. The normalized spacial score (nSPS) is 11.9. The van der Waals surface area contributed by atoms with Gasteiger partial charge >= 0.3 is 0 Å². The van der Waals surface area contributed by atoms with Gasteiger partial charge in [0.15, 0.2) is 4.21 Å². The van der Waals surface area contributed by atoms with E-state index in [1.54, 1.807) is 0 Å². The van der Waals surface area contributed by atoms with Gasteiger partial charge in [0.25, 0.3) is 10.0 Å². The van der Waals surface area contributed by atoms with Crippen LogP contribution < -0.4 is 4.72 Å². The van der Waals surface area contributed by atoms with E-state index in [0.29, 0.717) is 11.6 Å². The lowest BCUT2D eigenvalue weighted by Gasteiger charge is -2.05. The highest BCUT2D eigenvalue weighted by atomic mass is 35.5. The van der Waals surface area contributed by atoms with Crippen molar-refractivity contribution in [2.75, 3.05) is 6.54 Å². The fourth-order valence-electron chi connectivity index (χ4n) is 2.37. The number of halogens is 1. The Hall–Kier alpha value is -1.40. The Morgan fingerprint density at radius 2 is 1.70 bits per heavy atom. The molecule has 120 valence electrons. The maximum atomic E-state index is 12.4. The highest BCUT2D eigenvalue weighted by Crippen LogP contribution is 2.37. The molecule has 0 atom stereocenters. The van der Waals surface area contributed by atoms with Crippen LogP contribution in [-0.2, 0) is 16.4 Å². The monoisotopic (exact) mass is 365 g/mol. The molecule has 0 radical (unpaired) electrons. The molecule has 23 heavy (non-hydrogen) atoms. The van der Waals surface area contributed by atoms with Gasteiger partial charge in [-0.1, -0.05) is 60.1 Å². The van der Waals surface area contributed by atoms with Crippen LogP contribution in [0, 0.1) is 0 Å². The summed E-state index contributed by atoms with van der Waals surface area (Å²) >= 11 is 7.44. The summed E-state index contributed by atoms with van der Waals surface area (Å²) in [5.41, 5.74) is 1.20. The van der Waals surface area contributed by atoms with E-state index in [9.17, 15) is 8.42 Å². The lowest BCUT2D eigenvalue weighted by atomic mass is 10.1. The Balaban J connectivity index is 1.67. The van der Waals surface area contributed by atoms with Gasteiger partial charge in [-0.2, -0.15) is 0 Å². The predicted octanol–water partition coefficient (Wildman–Crippen LogP) is 4.47. The fraction of sp³-hybridized carbons (Fsp3) is 0.176. The third-order valence-electron chi connectivity index (χ3n) is 3.53. The molecule has 0 amide bonds. The molecule has 0 spiro atoms. The second-order valence-electron chi connectivity index (χ2n) is 5.19. The van der Waals surface area contributed by atoms with Crippen molar-refractivity contribution in [3.8, 4) is 0 Å². The van der Waals surface area contributed by atoms with Crippen LogP contribution >= 0.6 is 22.9 Å².